The van der Waals surface area contributed by atoms with E-state index in [0.29, 0.717) is 13.0 Å². The molecule has 0 radical (unpaired) electrons. The second-order valence-corrected chi connectivity index (χ2v) is 18.7. The van der Waals surface area contributed by atoms with Crippen LogP contribution in [0, 0.1) is 0 Å². The zero-order valence-corrected chi connectivity index (χ0v) is 41.1. The van der Waals surface area contributed by atoms with Crippen LogP contribution in [0.25, 0.3) is 0 Å². The van der Waals surface area contributed by atoms with Crippen LogP contribution in [0.5, 0.6) is 0 Å². The Kier molecular flexibility index (Phi) is 43.4. The lowest BCUT2D eigenvalue weighted by atomic mass is 9.99. The minimum Gasteiger partial charge on any atom is -0.457 e. The Morgan fingerprint density at radius 3 is 1.29 bits per heavy atom. The van der Waals surface area contributed by atoms with Crippen molar-refractivity contribution >= 4 is 5.97 Å². The largest absolute Gasteiger partial charge is 0.457 e. The number of hydrogen-bond donors (Lipinski definition) is 4. The maximum Gasteiger partial charge on any atom is 0.306 e. The fourth-order valence-electron chi connectivity index (χ4n) is 8.37. The molecule has 63 heavy (non-hydrogen) atoms. The number of carbonyl (C=O) groups is 1. The number of ether oxygens (including phenoxy) is 4. The first kappa shape index (κ1) is 59.7. The van der Waals surface area contributed by atoms with Crippen molar-refractivity contribution in [1.82, 2.24) is 0 Å². The first-order valence-corrected chi connectivity index (χ1v) is 26.9. The third kappa shape index (κ3) is 36.5. The van der Waals surface area contributed by atoms with Crippen molar-refractivity contribution < 1.29 is 44.2 Å². The zero-order valence-electron chi connectivity index (χ0n) is 41.1. The van der Waals surface area contributed by atoms with Gasteiger partial charge in [0.15, 0.2) is 6.29 Å². The Bertz CT molecular complexity index is 1020. The summed E-state index contributed by atoms with van der Waals surface area (Å²) in [5.74, 6) is -0.312. The van der Waals surface area contributed by atoms with Gasteiger partial charge in [-0.05, 0) is 64.2 Å². The quantitative estimate of drug-likeness (QED) is 0.0267. The van der Waals surface area contributed by atoms with E-state index in [1.165, 1.54) is 199 Å². The van der Waals surface area contributed by atoms with E-state index in [-0.39, 0.29) is 19.2 Å². The Labute approximate surface area is 387 Å². The van der Waals surface area contributed by atoms with Crippen molar-refractivity contribution in [3.05, 3.63) is 24.3 Å². The fraction of sp³-hybridized carbons (Fsp3) is 0.907. The van der Waals surface area contributed by atoms with Gasteiger partial charge < -0.3 is 39.4 Å². The number of rotatable bonds is 47. The van der Waals surface area contributed by atoms with E-state index < -0.39 is 43.4 Å². The summed E-state index contributed by atoms with van der Waals surface area (Å²) >= 11 is 0. The summed E-state index contributed by atoms with van der Waals surface area (Å²) in [6.07, 6.45) is 47.9. The Morgan fingerprint density at radius 2 is 0.873 bits per heavy atom. The molecule has 0 bridgehead atoms. The second-order valence-electron chi connectivity index (χ2n) is 18.7. The molecule has 0 spiro atoms. The van der Waals surface area contributed by atoms with Crippen LogP contribution >= 0.6 is 0 Å². The highest BCUT2D eigenvalue weighted by molar-refractivity contribution is 5.69. The summed E-state index contributed by atoms with van der Waals surface area (Å²) in [6.45, 7) is 4.58. The molecule has 4 N–H and O–H groups in total. The van der Waals surface area contributed by atoms with Crippen LogP contribution < -0.4 is 0 Å². The average molecular weight is 895 g/mol. The second kappa shape index (κ2) is 45.8. The topological polar surface area (TPSA) is 135 Å². The van der Waals surface area contributed by atoms with Gasteiger partial charge in [-0.15, -0.1) is 0 Å². The van der Waals surface area contributed by atoms with Gasteiger partial charge >= 0.3 is 5.97 Å². The molecule has 0 saturated carbocycles. The Morgan fingerprint density at radius 1 is 0.492 bits per heavy atom. The molecule has 1 aliphatic rings. The van der Waals surface area contributed by atoms with Gasteiger partial charge in [-0.3, -0.25) is 4.79 Å². The van der Waals surface area contributed by atoms with Gasteiger partial charge in [-0.25, -0.2) is 0 Å². The number of carbonyl (C=O) groups excluding carboxylic acids is 1. The van der Waals surface area contributed by atoms with Crippen LogP contribution in [0.3, 0.4) is 0 Å². The summed E-state index contributed by atoms with van der Waals surface area (Å²) in [6, 6.07) is 0. The van der Waals surface area contributed by atoms with E-state index in [2.05, 4.69) is 38.2 Å². The lowest BCUT2D eigenvalue weighted by molar-refractivity contribution is -0.305. The molecule has 0 aromatic rings. The van der Waals surface area contributed by atoms with E-state index in [1.807, 2.05) is 0 Å². The minimum atomic E-state index is -1.54. The van der Waals surface area contributed by atoms with Crippen LogP contribution in [0.4, 0.5) is 0 Å². The van der Waals surface area contributed by atoms with Crippen molar-refractivity contribution in [1.29, 1.82) is 0 Å². The minimum absolute atomic E-state index is 0.112. The monoisotopic (exact) mass is 895 g/mol. The summed E-state index contributed by atoms with van der Waals surface area (Å²) in [7, 11) is 0. The summed E-state index contributed by atoms with van der Waals surface area (Å²) in [4.78, 5) is 12.8. The maximum absolute atomic E-state index is 12.8. The van der Waals surface area contributed by atoms with Crippen LogP contribution in [-0.4, -0.2) is 89.6 Å². The Hall–Kier alpha value is -1.33. The maximum atomic E-state index is 12.8. The van der Waals surface area contributed by atoms with Crippen molar-refractivity contribution in [3.8, 4) is 0 Å². The third-order valence-electron chi connectivity index (χ3n) is 12.6. The molecular weight excluding hydrogens is 793 g/mol. The van der Waals surface area contributed by atoms with Gasteiger partial charge in [0.25, 0.3) is 0 Å². The van der Waals surface area contributed by atoms with E-state index in [4.69, 9.17) is 18.9 Å². The van der Waals surface area contributed by atoms with Gasteiger partial charge in [-0.1, -0.05) is 205 Å². The predicted molar refractivity (Wildman–Crippen MR) is 261 cm³/mol. The number of esters is 1. The summed E-state index contributed by atoms with van der Waals surface area (Å²) in [5.41, 5.74) is 0. The van der Waals surface area contributed by atoms with E-state index in [9.17, 15) is 25.2 Å². The normalized spacial score (nSPS) is 19.7. The summed E-state index contributed by atoms with van der Waals surface area (Å²) in [5, 5.41) is 40.2. The van der Waals surface area contributed by atoms with Crippen molar-refractivity contribution in [2.45, 2.75) is 288 Å². The SMILES string of the molecule is CCCCCCC/C=C\CCCCCCCCOCC(COC1OC(CO)C(O)C(O)C1O)OC(=O)CCCCCCCCCCCCCCC/C=C\CCCCCCCCCC. The fourth-order valence-corrected chi connectivity index (χ4v) is 8.37. The molecule has 372 valence electrons. The van der Waals surface area contributed by atoms with Gasteiger partial charge in [0.1, 0.15) is 30.5 Å². The Balaban J connectivity index is 2.15. The number of aliphatic hydroxyl groups is 4. The highest BCUT2D eigenvalue weighted by atomic mass is 16.7. The van der Waals surface area contributed by atoms with Crippen LogP contribution in [0.2, 0.25) is 0 Å². The third-order valence-corrected chi connectivity index (χ3v) is 12.6. The molecule has 0 aromatic heterocycles. The molecule has 1 fully saturated rings. The molecule has 1 heterocycles. The summed E-state index contributed by atoms with van der Waals surface area (Å²) < 4.78 is 22.9. The number of hydrogen-bond acceptors (Lipinski definition) is 9. The van der Waals surface area contributed by atoms with Gasteiger partial charge in [-0.2, -0.15) is 0 Å². The molecule has 6 atom stereocenters. The van der Waals surface area contributed by atoms with Gasteiger partial charge in [0, 0.05) is 13.0 Å². The highest BCUT2D eigenvalue weighted by Gasteiger charge is 2.44. The van der Waals surface area contributed by atoms with Crippen molar-refractivity contribution in [2.75, 3.05) is 26.4 Å². The van der Waals surface area contributed by atoms with Crippen LogP contribution in [-0.2, 0) is 23.7 Å². The first-order valence-electron chi connectivity index (χ1n) is 26.9. The number of aliphatic hydroxyl groups excluding tert-OH is 4. The van der Waals surface area contributed by atoms with Crippen LogP contribution in [0.15, 0.2) is 24.3 Å². The van der Waals surface area contributed by atoms with Gasteiger partial charge in [0.2, 0.25) is 0 Å². The molecule has 1 saturated heterocycles. The van der Waals surface area contributed by atoms with E-state index in [0.717, 1.165) is 32.1 Å². The molecule has 9 nitrogen and oxygen atoms in total. The molecule has 0 amide bonds. The smallest absolute Gasteiger partial charge is 0.306 e. The molecule has 1 aliphatic heterocycles. The molecule has 6 unspecified atom stereocenters. The molecule has 0 aliphatic carbocycles. The molecule has 1 rings (SSSR count). The predicted octanol–water partition coefficient (Wildman–Crippen LogP) is 13.3. The van der Waals surface area contributed by atoms with Crippen molar-refractivity contribution in [2.24, 2.45) is 0 Å². The highest BCUT2D eigenvalue weighted by Crippen LogP contribution is 2.23. The molecule has 9 heteroatoms. The van der Waals surface area contributed by atoms with Crippen LogP contribution in [0.1, 0.15) is 251 Å². The van der Waals surface area contributed by atoms with Crippen molar-refractivity contribution in [3.63, 3.8) is 0 Å². The standard InChI is InChI=1S/C54H102O9/c1-3-5-7-9-11-13-15-17-19-20-21-22-23-24-25-26-27-28-29-31-33-35-37-39-41-43-50(56)62-48(47-61-54-53(59)52(58)51(57)49(45-55)63-54)46-60-44-42-40-38-36-34-32-30-18-16-14-12-10-8-6-4-2/h16,18,20-21,48-49,51-55,57-59H,3-15,17,19,22-47H2,1-2H3/b18-16-,21-20-. The zero-order chi connectivity index (χ0) is 45.7. The molecular formula is C54H102O9. The average Bonchev–Trinajstić information content (AvgIpc) is 3.28. The van der Waals surface area contributed by atoms with Gasteiger partial charge in [0.05, 0.1) is 19.8 Å². The molecule has 0 aromatic carbocycles. The lowest BCUT2D eigenvalue weighted by Gasteiger charge is -2.39. The number of allylic oxidation sites excluding steroid dienone is 4. The van der Waals surface area contributed by atoms with E-state index in [1.54, 1.807) is 0 Å². The first-order chi connectivity index (χ1) is 30.9. The lowest BCUT2D eigenvalue weighted by Crippen LogP contribution is -2.59. The van der Waals surface area contributed by atoms with E-state index >= 15 is 0 Å². The number of unbranched alkanes of at least 4 members (excludes halogenated alkanes) is 32.